The van der Waals surface area contributed by atoms with Crippen molar-refractivity contribution in [3.8, 4) is 0 Å². The molecule has 2 aromatic rings. The summed E-state index contributed by atoms with van der Waals surface area (Å²) < 4.78 is 4.66. The number of nitrogens with one attached hydrogen (secondary N) is 1. The fourth-order valence-electron chi connectivity index (χ4n) is 2.40. The smallest absolute Gasteiger partial charge is 0.337 e. The van der Waals surface area contributed by atoms with Crippen LogP contribution in [-0.2, 0) is 16.1 Å². The number of hydrogen-bond acceptors (Lipinski definition) is 4. The van der Waals surface area contributed by atoms with Gasteiger partial charge < -0.3 is 15.0 Å². The van der Waals surface area contributed by atoms with Crippen LogP contribution in [0.5, 0.6) is 0 Å². The van der Waals surface area contributed by atoms with Crippen LogP contribution in [-0.4, -0.2) is 37.0 Å². The number of nitrogens with zero attached hydrogens (tertiary/aromatic N) is 1. The number of methoxy groups -OCH3 is 1. The molecule has 0 bridgehead atoms. The van der Waals surface area contributed by atoms with Gasteiger partial charge in [-0.25, -0.2) is 4.79 Å². The first-order valence-corrected chi connectivity index (χ1v) is 7.75. The number of carbonyl (C=O) groups is 2. The van der Waals surface area contributed by atoms with Gasteiger partial charge in [-0.05, 0) is 36.8 Å². The summed E-state index contributed by atoms with van der Waals surface area (Å²) in [6.45, 7) is 2.38. The predicted octanol–water partition coefficient (Wildman–Crippen LogP) is 2.93. The number of rotatable bonds is 6. The van der Waals surface area contributed by atoms with Crippen LogP contribution in [0.3, 0.4) is 0 Å². The van der Waals surface area contributed by atoms with Gasteiger partial charge in [0.15, 0.2) is 0 Å². The second kappa shape index (κ2) is 8.15. The molecule has 0 radical (unpaired) electrons. The minimum Gasteiger partial charge on any atom is -0.465 e. The topological polar surface area (TPSA) is 58.6 Å². The lowest BCUT2D eigenvalue weighted by atomic mass is 10.2. The van der Waals surface area contributed by atoms with Gasteiger partial charge in [-0.3, -0.25) is 4.79 Å². The first-order chi connectivity index (χ1) is 11.5. The third-order valence-corrected chi connectivity index (χ3v) is 3.70. The van der Waals surface area contributed by atoms with Crippen molar-refractivity contribution in [2.24, 2.45) is 0 Å². The summed E-state index contributed by atoms with van der Waals surface area (Å²) in [5.74, 6) is -0.385. The molecule has 1 N–H and O–H groups in total. The zero-order valence-corrected chi connectivity index (χ0v) is 14.2. The van der Waals surface area contributed by atoms with E-state index in [1.54, 1.807) is 36.2 Å². The van der Waals surface area contributed by atoms with E-state index in [2.05, 4.69) is 10.1 Å². The molecule has 0 aliphatic carbocycles. The molecule has 1 atom stereocenters. The molecule has 0 aromatic heterocycles. The molecule has 0 spiro atoms. The van der Waals surface area contributed by atoms with Crippen LogP contribution in [0, 0.1) is 0 Å². The Balaban J connectivity index is 1.94. The highest BCUT2D eigenvalue weighted by Crippen LogP contribution is 2.13. The Hall–Kier alpha value is -2.82. The number of ether oxygens (including phenoxy) is 1. The van der Waals surface area contributed by atoms with Gasteiger partial charge in [0.1, 0.15) is 6.04 Å². The highest BCUT2D eigenvalue weighted by atomic mass is 16.5. The largest absolute Gasteiger partial charge is 0.465 e. The van der Waals surface area contributed by atoms with Gasteiger partial charge in [0.2, 0.25) is 5.91 Å². The van der Waals surface area contributed by atoms with E-state index < -0.39 is 0 Å². The van der Waals surface area contributed by atoms with Crippen molar-refractivity contribution in [1.82, 2.24) is 4.90 Å². The molecule has 0 heterocycles. The molecular formula is C19H22N2O3. The molecule has 0 saturated heterocycles. The summed E-state index contributed by atoms with van der Waals surface area (Å²) in [5.41, 5.74) is 2.34. The van der Waals surface area contributed by atoms with E-state index in [0.717, 1.165) is 11.3 Å². The van der Waals surface area contributed by atoms with Crippen molar-refractivity contribution >= 4 is 17.6 Å². The maximum absolute atomic E-state index is 12.5. The summed E-state index contributed by atoms with van der Waals surface area (Å²) in [6.07, 6.45) is 0. The van der Waals surface area contributed by atoms with E-state index in [9.17, 15) is 9.59 Å². The molecule has 5 nitrogen and oxygen atoms in total. The van der Waals surface area contributed by atoms with Crippen molar-refractivity contribution in [2.45, 2.75) is 19.5 Å². The zero-order chi connectivity index (χ0) is 17.5. The quantitative estimate of drug-likeness (QED) is 0.829. The summed E-state index contributed by atoms with van der Waals surface area (Å²) in [7, 11) is 3.13. The Morgan fingerprint density at radius 2 is 1.71 bits per heavy atom. The van der Waals surface area contributed by atoms with E-state index in [4.69, 9.17) is 0 Å². The van der Waals surface area contributed by atoms with Gasteiger partial charge in [-0.2, -0.15) is 0 Å². The molecule has 2 rings (SSSR count). The molecule has 0 aliphatic heterocycles. The standard InChI is InChI=1S/C19H22N2O3/c1-14(18(22)21(2)13-15-7-5-4-6-8-15)20-17-11-9-16(10-12-17)19(23)24-3/h4-12,14,20H,13H2,1-3H3/t14-/m1/s1. The Labute approximate surface area is 142 Å². The number of hydrogen-bond donors (Lipinski definition) is 1. The third-order valence-electron chi connectivity index (χ3n) is 3.70. The minimum absolute atomic E-state index is 0.00380. The Kier molecular flexibility index (Phi) is 5.95. The van der Waals surface area contributed by atoms with Gasteiger partial charge in [0.25, 0.3) is 0 Å². The average Bonchev–Trinajstić information content (AvgIpc) is 2.61. The van der Waals surface area contributed by atoms with E-state index in [1.165, 1.54) is 7.11 Å². The lowest BCUT2D eigenvalue weighted by Crippen LogP contribution is -2.38. The first-order valence-electron chi connectivity index (χ1n) is 7.75. The van der Waals surface area contributed by atoms with E-state index >= 15 is 0 Å². The van der Waals surface area contributed by atoms with E-state index in [1.807, 2.05) is 37.3 Å². The average molecular weight is 326 g/mol. The number of anilines is 1. The molecule has 0 aliphatic rings. The fraction of sp³-hybridized carbons (Fsp3) is 0.263. The lowest BCUT2D eigenvalue weighted by molar-refractivity contribution is -0.130. The van der Waals surface area contributed by atoms with Gasteiger partial charge >= 0.3 is 5.97 Å². The summed E-state index contributed by atoms with van der Waals surface area (Å²) in [4.78, 5) is 25.6. The zero-order valence-electron chi connectivity index (χ0n) is 14.2. The van der Waals surface area contributed by atoms with Crippen LogP contribution in [0.1, 0.15) is 22.8 Å². The van der Waals surface area contributed by atoms with Crippen molar-refractivity contribution in [3.63, 3.8) is 0 Å². The van der Waals surface area contributed by atoms with Gasteiger partial charge in [-0.1, -0.05) is 30.3 Å². The van der Waals surface area contributed by atoms with Crippen molar-refractivity contribution in [1.29, 1.82) is 0 Å². The van der Waals surface area contributed by atoms with E-state index in [-0.39, 0.29) is 17.9 Å². The second-order valence-corrected chi connectivity index (χ2v) is 5.61. The van der Waals surface area contributed by atoms with Gasteiger partial charge in [0.05, 0.1) is 12.7 Å². The van der Waals surface area contributed by atoms with Crippen molar-refractivity contribution in [3.05, 3.63) is 65.7 Å². The maximum Gasteiger partial charge on any atom is 0.337 e. The fourth-order valence-corrected chi connectivity index (χ4v) is 2.40. The number of benzene rings is 2. The monoisotopic (exact) mass is 326 g/mol. The van der Waals surface area contributed by atoms with Crippen LogP contribution in [0.25, 0.3) is 0 Å². The van der Waals surface area contributed by atoms with Crippen LogP contribution >= 0.6 is 0 Å². The molecule has 0 saturated carbocycles. The molecule has 0 unspecified atom stereocenters. The summed E-state index contributed by atoms with van der Waals surface area (Å²) >= 11 is 0. The molecule has 126 valence electrons. The van der Waals surface area contributed by atoms with Crippen LogP contribution < -0.4 is 5.32 Å². The molecule has 0 fully saturated rings. The second-order valence-electron chi connectivity index (χ2n) is 5.61. The number of amides is 1. The highest BCUT2D eigenvalue weighted by Gasteiger charge is 2.17. The van der Waals surface area contributed by atoms with Gasteiger partial charge in [0, 0.05) is 19.3 Å². The van der Waals surface area contributed by atoms with E-state index in [0.29, 0.717) is 12.1 Å². The molecule has 1 amide bonds. The SMILES string of the molecule is COC(=O)c1ccc(N[C@H](C)C(=O)N(C)Cc2ccccc2)cc1. The first kappa shape index (κ1) is 17.5. The molecule has 2 aromatic carbocycles. The lowest BCUT2D eigenvalue weighted by Gasteiger charge is -2.23. The maximum atomic E-state index is 12.5. The number of esters is 1. The molecule has 24 heavy (non-hydrogen) atoms. The van der Waals surface area contributed by atoms with Gasteiger partial charge in [-0.15, -0.1) is 0 Å². The summed E-state index contributed by atoms with van der Waals surface area (Å²) in [5, 5.41) is 3.15. The normalized spacial score (nSPS) is 11.5. The predicted molar refractivity (Wildman–Crippen MR) is 93.8 cm³/mol. The van der Waals surface area contributed by atoms with Crippen molar-refractivity contribution in [2.75, 3.05) is 19.5 Å². The summed E-state index contributed by atoms with van der Waals surface area (Å²) in [6, 6.07) is 16.3. The van der Waals surface area contributed by atoms with Crippen LogP contribution in [0.4, 0.5) is 5.69 Å². The molecular weight excluding hydrogens is 304 g/mol. The molecule has 5 heteroatoms. The van der Waals surface area contributed by atoms with Crippen molar-refractivity contribution < 1.29 is 14.3 Å². The Morgan fingerprint density at radius 3 is 2.29 bits per heavy atom. The highest BCUT2D eigenvalue weighted by molar-refractivity contribution is 5.90. The van der Waals surface area contributed by atoms with Crippen LogP contribution in [0.2, 0.25) is 0 Å². The third kappa shape index (κ3) is 4.59. The Morgan fingerprint density at radius 1 is 1.08 bits per heavy atom. The Bertz CT molecular complexity index is 684. The number of carbonyl (C=O) groups excluding carboxylic acids is 2. The van der Waals surface area contributed by atoms with Crippen LogP contribution in [0.15, 0.2) is 54.6 Å². The number of likely N-dealkylation sites (N-methyl/N-ethyl adjacent to an activating group) is 1. The minimum atomic E-state index is -0.381.